The van der Waals surface area contributed by atoms with Gasteiger partial charge in [-0.3, -0.25) is 0 Å². The average molecular weight is 470 g/mol. The molecule has 34 heavy (non-hydrogen) atoms. The van der Waals surface area contributed by atoms with Gasteiger partial charge in [0.25, 0.3) is 0 Å². The standard InChI is InChI=1S/C33H45Si/c1-18(2)24-14-26(20(5)6)28-12-22(9)32(30(28)16-24)34(11)33-23(10)13-29-27(21(7)8)15-25(19(3)4)17-31(29)33/h12-21,32-33H,1-11H3. The first kappa shape index (κ1) is 25.2. The molecule has 0 nitrogen and oxygen atoms in total. The van der Waals surface area contributed by atoms with Crippen LogP contribution in [-0.2, 0) is 0 Å². The molecule has 0 heterocycles. The summed E-state index contributed by atoms with van der Waals surface area (Å²) in [5, 5.41) is 0. The van der Waals surface area contributed by atoms with Gasteiger partial charge in [0, 0.05) is 0 Å². The van der Waals surface area contributed by atoms with Crippen molar-refractivity contribution in [3.8, 4) is 0 Å². The molecular weight excluding hydrogens is 424 g/mol. The molecule has 0 spiro atoms. The Labute approximate surface area is 211 Å². The minimum Gasteiger partial charge on any atom is -0.0695 e. The predicted molar refractivity (Wildman–Crippen MR) is 154 cm³/mol. The van der Waals surface area contributed by atoms with Gasteiger partial charge in [-0.15, -0.1) is 0 Å². The molecule has 2 aliphatic carbocycles. The molecule has 2 aliphatic rings. The van der Waals surface area contributed by atoms with Gasteiger partial charge in [0.1, 0.15) is 0 Å². The van der Waals surface area contributed by atoms with E-state index in [1.54, 1.807) is 33.4 Å². The summed E-state index contributed by atoms with van der Waals surface area (Å²) in [6.07, 6.45) is 5.07. The maximum absolute atomic E-state index is 2.62. The lowest BCUT2D eigenvalue weighted by molar-refractivity contribution is 0.824. The van der Waals surface area contributed by atoms with Crippen molar-refractivity contribution in [2.75, 3.05) is 0 Å². The summed E-state index contributed by atoms with van der Waals surface area (Å²) >= 11 is 0. The minimum absolute atomic E-state index is 0.554. The minimum atomic E-state index is -0.770. The Kier molecular flexibility index (Phi) is 6.90. The molecule has 0 saturated heterocycles. The number of allylic oxidation sites excluding steroid dienone is 2. The van der Waals surface area contributed by atoms with E-state index in [4.69, 9.17) is 0 Å². The highest BCUT2D eigenvalue weighted by Crippen LogP contribution is 2.50. The summed E-state index contributed by atoms with van der Waals surface area (Å²) in [6.45, 7) is 26.2. The Morgan fingerprint density at radius 3 is 1.21 bits per heavy atom. The number of rotatable bonds is 6. The topological polar surface area (TPSA) is 0 Å². The molecule has 181 valence electrons. The van der Waals surface area contributed by atoms with E-state index in [0.717, 1.165) is 0 Å². The van der Waals surface area contributed by atoms with Crippen molar-refractivity contribution >= 4 is 20.9 Å². The van der Waals surface area contributed by atoms with Crippen LogP contribution in [0.3, 0.4) is 0 Å². The number of hydrogen-bond acceptors (Lipinski definition) is 0. The van der Waals surface area contributed by atoms with E-state index < -0.39 is 8.80 Å². The second-order valence-electron chi connectivity index (χ2n) is 12.2. The van der Waals surface area contributed by atoms with E-state index in [2.05, 4.69) is 112 Å². The number of benzene rings is 2. The Balaban J connectivity index is 1.85. The van der Waals surface area contributed by atoms with Gasteiger partial charge in [0.05, 0.1) is 8.80 Å². The van der Waals surface area contributed by atoms with E-state index in [9.17, 15) is 0 Å². The van der Waals surface area contributed by atoms with Crippen LogP contribution in [0.15, 0.2) is 35.4 Å². The fraction of sp³-hybridized carbons (Fsp3) is 0.515. The Hall–Kier alpha value is -1.86. The Bertz CT molecular complexity index is 1060. The predicted octanol–water partition coefficient (Wildman–Crippen LogP) is 10.1. The molecule has 0 bridgehead atoms. The molecule has 2 unspecified atom stereocenters. The van der Waals surface area contributed by atoms with Crippen LogP contribution in [0.1, 0.15) is 148 Å². The lowest BCUT2D eigenvalue weighted by Crippen LogP contribution is -2.29. The highest BCUT2D eigenvalue weighted by atomic mass is 28.3. The fourth-order valence-electron chi connectivity index (χ4n) is 6.37. The van der Waals surface area contributed by atoms with E-state index in [1.165, 1.54) is 22.3 Å². The molecule has 2 aromatic carbocycles. The zero-order valence-electron chi connectivity index (χ0n) is 23.4. The molecule has 0 saturated carbocycles. The first-order chi connectivity index (χ1) is 15.9. The largest absolute Gasteiger partial charge is 0.0717 e. The molecule has 0 amide bonds. The molecular formula is C33H45Si. The molecule has 4 rings (SSSR count). The van der Waals surface area contributed by atoms with Crippen molar-refractivity contribution in [1.82, 2.24) is 0 Å². The van der Waals surface area contributed by atoms with E-state index in [0.29, 0.717) is 34.8 Å². The maximum atomic E-state index is 2.62. The number of fused-ring (bicyclic) bond motifs is 2. The Morgan fingerprint density at radius 2 is 0.912 bits per heavy atom. The maximum Gasteiger partial charge on any atom is 0.0717 e. The zero-order chi connectivity index (χ0) is 25.1. The second kappa shape index (κ2) is 9.30. The van der Waals surface area contributed by atoms with Gasteiger partial charge in [0.2, 0.25) is 0 Å². The van der Waals surface area contributed by atoms with Crippen molar-refractivity contribution in [3.63, 3.8) is 0 Å². The van der Waals surface area contributed by atoms with Crippen LogP contribution in [0.4, 0.5) is 0 Å². The van der Waals surface area contributed by atoms with Gasteiger partial charge in [-0.2, -0.15) is 0 Å². The second-order valence-corrected chi connectivity index (χ2v) is 14.9. The van der Waals surface area contributed by atoms with Crippen molar-refractivity contribution in [3.05, 3.63) is 79.9 Å². The Morgan fingerprint density at radius 1 is 0.559 bits per heavy atom. The van der Waals surface area contributed by atoms with Crippen molar-refractivity contribution in [1.29, 1.82) is 0 Å². The monoisotopic (exact) mass is 469 g/mol. The molecule has 0 N–H and O–H groups in total. The molecule has 0 aromatic heterocycles. The highest BCUT2D eigenvalue weighted by Gasteiger charge is 2.39. The summed E-state index contributed by atoms with van der Waals surface area (Å²) in [7, 11) is -0.770. The van der Waals surface area contributed by atoms with Crippen molar-refractivity contribution in [2.24, 2.45) is 0 Å². The summed E-state index contributed by atoms with van der Waals surface area (Å²) in [4.78, 5) is 0. The number of hydrogen-bond donors (Lipinski definition) is 0. The summed E-state index contributed by atoms with van der Waals surface area (Å²) in [6, 6.07) is 10.1. The van der Waals surface area contributed by atoms with Crippen molar-refractivity contribution in [2.45, 2.75) is 111 Å². The first-order valence-corrected chi connectivity index (χ1v) is 15.6. The van der Waals surface area contributed by atoms with Crippen LogP contribution in [-0.4, -0.2) is 8.80 Å². The smallest absolute Gasteiger partial charge is 0.0695 e. The lowest BCUT2D eigenvalue weighted by Gasteiger charge is -2.30. The third-order valence-electron chi connectivity index (χ3n) is 8.30. The zero-order valence-corrected chi connectivity index (χ0v) is 24.4. The highest BCUT2D eigenvalue weighted by molar-refractivity contribution is 6.63. The molecule has 1 radical (unpaired) electrons. The molecule has 0 fully saturated rings. The van der Waals surface area contributed by atoms with E-state index in [-0.39, 0.29) is 0 Å². The van der Waals surface area contributed by atoms with Gasteiger partial charge in [0.15, 0.2) is 0 Å². The van der Waals surface area contributed by atoms with Crippen LogP contribution in [0.5, 0.6) is 0 Å². The summed E-state index contributed by atoms with van der Waals surface area (Å²) < 4.78 is 0. The van der Waals surface area contributed by atoms with Crippen LogP contribution >= 0.6 is 0 Å². The third-order valence-corrected chi connectivity index (χ3v) is 11.7. The lowest BCUT2D eigenvalue weighted by atomic mass is 9.89. The van der Waals surface area contributed by atoms with Crippen molar-refractivity contribution < 1.29 is 0 Å². The van der Waals surface area contributed by atoms with E-state index >= 15 is 0 Å². The normalized spacial score (nSPS) is 19.5. The molecule has 1 heteroatoms. The first-order valence-electron chi connectivity index (χ1n) is 13.5. The van der Waals surface area contributed by atoms with Gasteiger partial charge >= 0.3 is 0 Å². The average Bonchev–Trinajstić information content (AvgIpc) is 3.26. The van der Waals surface area contributed by atoms with Crippen LogP contribution in [0.2, 0.25) is 6.55 Å². The third kappa shape index (κ3) is 4.19. The quantitative estimate of drug-likeness (QED) is 0.369. The van der Waals surface area contributed by atoms with Gasteiger partial charge in [-0.1, -0.05) is 110 Å². The summed E-state index contributed by atoms with van der Waals surface area (Å²) in [5.41, 5.74) is 16.7. The fourth-order valence-corrected chi connectivity index (χ4v) is 9.76. The van der Waals surface area contributed by atoms with Gasteiger partial charge < -0.3 is 0 Å². The van der Waals surface area contributed by atoms with Gasteiger partial charge in [-0.05, 0) is 93.1 Å². The SMILES string of the molecule is CC1=Cc2c(C(C)C)cc(C(C)C)cc2C1[Si](C)C1C(C)=Cc2c(C(C)C)cc(C(C)C)cc21. The molecule has 0 aliphatic heterocycles. The van der Waals surface area contributed by atoms with E-state index in [1.807, 2.05) is 0 Å². The molecule has 2 atom stereocenters. The summed E-state index contributed by atoms with van der Waals surface area (Å²) in [5.74, 6) is 2.23. The molecule has 2 aromatic rings. The van der Waals surface area contributed by atoms with Crippen LogP contribution in [0.25, 0.3) is 12.2 Å². The van der Waals surface area contributed by atoms with Gasteiger partial charge in [-0.25, -0.2) is 0 Å². The van der Waals surface area contributed by atoms with Crippen LogP contribution < -0.4 is 0 Å². The van der Waals surface area contributed by atoms with Crippen LogP contribution in [0, 0.1) is 0 Å².